The summed E-state index contributed by atoms with van der Waals surface area (Å²) in [6.45, 7) is -1.31. The molecule has 2 fully saturated rings. The molecule has 44 heavy (non-hydrogen) atoms. The lowest BCUT2D eigenvalue weighted by molar-refractivity contribution is -0.214. The Morgan fingerprint density at radius 2 is 1.82 bits per heavy atom. The fourth-order valence-electron chi connectivity index (χ4n) is 5.92. The molecule has 2 aliphatic rings. The van der Waals surface area contributed by atoms with Gasteiger partial charge < -0.3 is 30.1 Å². The van der Waals surface area contributed by atoms with Crippen molar-refractivity contribution in [2.75, 3.05) is 6.61 Å². The monoisotopic (exact) mass is 686 g/mol. The maximum atomic E-state index is 14.2. The van der Waals surface area contributed by atoms with Gasteiger partial charge in [0.15, 0.2) is 6.10 Å². The smallest absolute Gasteiger partial charge is 0.394 e. The van der Waals surface area contributed by atoms with E-state index in [9.17, 15) is 42.8 Å². The highest BCUT2D eigenvalue weighted by molar-refractivity contribution is 9.10. The Bertz CT molecular complexity index is 1480. The zero-order valence-electron chi connectivity index (χ0n) is 23.2. The van der Waals surface area contributed by atoms with Crippen LogP contribution in [0.4, 0.5) is 17.6 Å². The minimum atomic E-state index is -4.71. The second-order valence-electron chi connectivity index (χ2n) is 11.0. The molecule has 2 heterocycles. The topological polar surface area (TPSA) is 141 Å². The number of rotatable bonds is 7. The van der Waals surface area contributed by atoms with Crippen LogP contribution in [-0.2, 0) is 22.3 Å². The lowest BCUT2D eigenvalue weighted by Gasteiger charge is -2.45. The van der Waals surface area contributed by atoms with Crippen LogP contribution in [0.1, 0.15) is 42.9 Å². The van der Waals surface area contributed by atoms with Crippen molar-refractivity contribution in [1.82, 2.24) is 19.9 Å². The standard InChI is InChI=1S/C29H31BrF4N4O6/c30-18-10-9-15(11-19(18)31)20-13-38(36-35-20)24-25(41)23(14-39)44-27(26(24)42)28(43)37(21-7-3-4-8-22(21)40)12-16-5-1-2-6-17(16)29(32,33)34/h1-2,5-6,9-11,13,21-27,39-42H,3-4,7-8,12,14H2/t21-,22-,23+,24-,25-,26+,27+/m0/s1. The molecule has 2 aromatic carbocycles. The van der Waals surface area contributed by atoms with Crippen molar-refractivity contribution >= 4 is 21.8 Å². The number of carbonyl (C=O) groups excluding carboxylic acids is 1. The molecule has 0 spiro atoms. The predicted molar refractivity (Wildman–Crippen MR) is 150 cm³/mol. The first kappa shape index (κ1) is 32.4. The van der Waals surface area contributed by atoms with Crippen molar-refractivity contribution in [2.24, 2.45) is 0 Å². The number of nitrogens with zero attached hydrogens (tertiary/aromatic N) is 4. The minimum Gasteiger partial charge on any atom is -0.394 e. The number of ether oxygens (including phenoxy) is 1. The molecule has 3 aromatic rings. The van der Waals surface area contributed by atoms with Crippen LogP contribution < -0.4 is 0 Å². The lowest BCUT2D eigenvalue weighted by atomic mass is 9.88. The van der Waals surface area contributed by atoms with E-state index in [4.69, 9.17) is 4.74 Å². The number of benzene rings is 2. The predicted octanol–water partition coefficient (Wildman–Crippen LogP) is 3.22. The zero-order chi connectivity index (χ0) is 31.8. The van der Waals surface area contributed by atoms with Crippen molar-refractivity contribution in [3.05, 3.63) is 70.1 Å². The molecule has 1 aromatic heterocycles. The van der Waals surface area contributed by atoms with E-state index in [0.29, 0.717) is 31.2 Å². The van der Waals surface area contributed by atoms with Gasteiger partial charge in [-0.3, -0.25) is 4.79 Å². The third-order valence-electron chi connectivity index (χ3n) is 8.21. The fraction of sp³-hybridized carbons (Fsp3) is 0.483. The van der Waals surface area contributed by atoms with Crippen LogP contribution >= 0.6 is 15.9 Å². The molecule has 0 radical (unpaired) electrons. The number of hydrogen-bond acceptors (Lipinski definition) is 8. The van der Waals surface area contributed by atoms with E-state index in [1.54, 1.807) is 6.07 Å². The summed E-state index contributed by atoms with van der Waals surface area (Å²) in [6, 6.07) is 6.73. The summed E-state index contributed by atoms with van der Waals surface area (Å²) in [5.74, 6) is -1.49. The maximum absolute atomic E-state index is 14.2. The summed E-state index contributed by atoms with van der Waals surface area (Å²) < 4.78 is 62.7. The van der Waals surface area contributed by atoms with Crippen LogP contribution in [0.15, 0.2) is 53.1 Å². The van der Waals surface area contributed by atoms with Gasteiger partial charge in [-0.05, 0) is 52.5 Å². The van der Waals surface area contributed by atoms with E-state index in [0.717, 1.165) is 15.6 Å². The summed E-state index contributed by atoms with van der Waals surface area (Å²) in [7, 11) is 0. The Labute approximate surface area is 258 Å². The molecule has 0 bridgehead atoms. The number of halogens is 5. The second kappa shape index (κ2) is 13.2. The van der Waals surface area contributed by atoms with Crippen molar-refractivity contribution < 1.29 is 47.5 Å². The minimum absolute atomic E-state index is 0.182. The number of alkyl halides is 3. The van der Waals surface area contributed by atoms with E-state index in [-0.39, 0.29) is 15.7 Å². The number of carbonyl (C=O) groups is 1. The van der Waals surface area contributed by atoms with E-state index in [2.05, 4.69) is 26.2 Å². The molecule has 10 nitrogen and oxygen atoms in total. The Hall–Kier alpha value is -2.95. The molecular formula is C29H31BrF4N4O6. The van der Waals surface area contributed by atoms with Gasteiger partial charge in [-0.25, -0.2) is 9.07 Å². The Morgan fingerprint density at radius 1 is 1.09 bits per heavy atom. The summed E-state index contributed by atoms with van der Waals surface area (Å²) >= 11 is 3.07. The van der Waals surface area contributed by atoms with Crippen molar-refractivity contribution in [3.63, 3.8) is 0 Å². The average molecular weight is 687 g/mol. The maximum Gasteiger partial charge on any atom is 0.416 e. The number of amides is 1. The first-order valence-corrected chi connectivity index (χ1v) is 14.8. The van der Waals surface area contributed by atoms with Gasteiger partial charge in [0.05, 0.1) is 35.0 Å². The third-order valence-corrected chi connectivity index (χ3v) is 8.85. The van der Waals surface area contributed by atoms with Crippen LogP contribution in [0.3, 0.4) is 0 Å². The highest BCUT2D eigenvalue weighted by Crippen LogP contribution is 2.36. The SMILES string of the molecule is O=C([C@@H]1O[C@H](CO)[C@H](O)[C@H](n2cc(-c3ccc(Br)c(F)c3)nn2)[C@H]1O)N(Cc1ccccc1C(F)(F)F)[C@H]1CCCC[C@@H]1O. The molecule has 1 aliphatic carbocycles. The average Bonchev–Trinajstić information content (AvgIpc) is 3.47. The van der Waals surface area contributed by atoms with E-state index >= 15 is 0 Å². The van der Waals surface area contributed by atoms with E-state index in [1.165, 1.54) is 36.5 Å². The third kappa shape index (κ3) is 6.53. The molecule has 1 aliphatic heterocycles. The van der Waals surface area contributed by atoms with Gasteiger partial charge in [0, 0.05) is 12.1 Å². The molecule has 15 heteroatoms. The zero-order valence-corrected chi connectivity index (χ0v) is 24.8. The molecule has 238 valence electrons. The van der Waals surface area contributed by atoms with Gasteiger partial charge in [-0.15, -0.1) is 5.10 Å². The molecule has 7 atom stereocenters. The van der Waals surface area contributed by atoms with Crippen molar-refractivity contribution in [3.8, 4) is 11.3 Å². The molecule has 1 amide bonds. The molecule has 4 N–H and O–H groups in total. The summed E-state index contributed by atoms with van der Waals surface area (Å²) in [5.41, 5.74) is -0.648. The molecule has 0 unspecified atom stereocenters. The Kier molecular flexibility index (Phi) is 9.72. The van der Waals surface area contributed by atoms with Crippen molar-refractivity contribution in [1.29, 1.82) is 0 Å². The first-order chi connectivity index (χ1) is 20.9. The highest BCUT2D eigenvalue weighted by Gasteiger charge is 2.51. The quantitative estimate of drug-likeness (QED) is 0.278. The van der Waals surface area contributed by atoms with Crippen LogP contribution in [0.5, 0.6) is 0 Å². The molecular weight excluding hydrogens is 656 g/mol. The highest BCUT2D eigenvalue weighted by atomic mass is 79.9. The van der Waals surface area contributed by atoms with Crippen LogP contribution in [0.2, 0.25) is 0 Å². The summed E-state index contributed by atoms with van der Waals surface area (Å²) in [6.07, 6.45) is -9.07. The molecule has 1 saturated heterocycles. The summed E-state index contributed by atoms with van der Waals surface area (Å²) in [4.78, 5) is 15.2. The van der Waals surface area contributed by atoms with Crippen LogP contribution in [-0.4, -0.2) is 89.4 Å². The number of aromatic nitrogens is 3. The second-order valence-corrected chi connectivity index (χ2v) is 11.9. The largest absolute Gasteiger partial charge is 0.416 e. The van der Waals surface area contributed by atoms with Gasteiger partial charge in [0.25, 0.3) is 5.91 Å². The Balaban J connectivity index is 1.49. The van der Waals surface area contributed by atoms with Crippen LogP contribution in [0.25, 0.3) is 11.3 Å². The van der Waals surface area contributed by atoms with E-state index < -0.39 is 79.2 Å². The molecule has 1 saturated carbocycles. The summed E-state index contributed by atoms with van der Waals surface area (Å²) in [5, 5.41) is 51.3. The van der Waals surface area contributed by atoms with Crippen molar-refractivity contribution in [2.45, 2.75) is 81.0 Å². The normalized spacial score (nSPS) is 27.7. The first-order valence-electron chi connectivity index (χ1n) is 14.0. The van der Waals surface area contributed by atoms with E-state index in [1.807, 2.05) is 0 Å². The van der Waals surface area contributed by atoms with Crippen LogP contribution in [0, 0.1) is 5.82 Å². The fourth-order valence-corrected chi connectivity index (χ4v) is 6.17. The van der Waals surface area contributed by atoms with Gasteiger partial charge >= 0.3 is 6.18 Å². The number of aliphatic hydroxyl groups excluding tert-OH is 4. The van der Waals surface area contributed by atoms with Gasteiger partial charge in [-0.1, -0.05) is 42.3 Å². The number of hydrogen-bond donors (Lipinski definition) is 4. The Morgan fingerprint density at radius 3 is 2.50 bits per heavy atom. The lowest BCUT2D eigenvalue weighted by Crippen LogP contribution is -2.62. The van der Waals surface area contributed by atoms with Gasteiger partial charge in [-0.2, -0.15) is 13.2 Å². The van der Waals surface area contributed by atoms with Gasteiger partial charge in [0.1, 0.15) is 35.9 Å². The number of aliphatic hydroxyl groups is 4. The van der Waals surface area contributed by atoms with Gasteiger partial charge in [0.2, 0.25) is 0 Å². The molecule has 5 rings (SSSR count).